The van der Waals surface area contributed by atoms with Crippen molar-refractivity contribution in [2.24, 2.45) is 5.92 Å². The normalized spacial score (nSPS) is 9.29. The third kappa shape index (κ3) is 12.4. The summed E-state index contributed by atoms with van der Waals surface area (Å²) in [5.74, 6) is -4.52. The van der Waals surface area contributed by atoms with E-state index in [1.165, 1.54) is 6.42 Å². The van der Waals surface area contributed by atoms with Gasteiger partial charge in [0.15, 0.2) is 0 Å². The molecule has 17 heavy (non-hydrogen) atoms. The van der Waals surface area contributed by atoms with E-state index in [0.717, 1.165) is 25.7 Å². The largest absolute Gasteiger partial charge is 1.00 e. The number of aliphatic carboxylic acids is 2. The van der Waals surface area contributed by atoms with Crippen LogP contribution in [0.4, 0.5) is 0 Å². The topological polar surface area (TPSA) is 80.3 Å². The van der Waals surface area contributed by atoms with Gasteiger partial charge >= 0.3 is 37.7 Å². The SMILES string of the molecule is CCCCCCCCC(C(=O)[O-])C(=O)[O-].[Li+].[Li+]. The van der Waals surface area contributed by atoms with Gasteiger partial charge in [0, 0.05) is 5.92 Å². The number of carboxylic acid groups (broad SMARTS) is 2. The molecule has 88 valence electrons. The summed E-state index contributed by atoms with van der Waals surface area (Å²) in [5.41, 5.74) is 0. The van der Waals surface area contributed by atoms with Gasteiger partial charge < -0.3 is 19.8 Å². The molecule has 0 heterocycles. The van der Waals surface area contributed by atoms with E-state index >= 15 is 0 Å². The molecule has 0 aromatic heterocycles. The van der Waals surface area contributed by atoms with Crippen molar-refractivity contribution in [2.75, 3.05) is 0 Å². The summed E-state index contributed by atoms with van der Waals surface area (Å²) in [5, 5.41) is 20.8. The Morgan fingerprint density at radius 3 is 1.71 bits per heavy atom. The Morgan fingerprint density at radius 1 is 0.882 bits per heavy atom. The van der Waals surface area contributed by atoms with Gasteiger partial charge in [-0.2, -0.15) is 0 Å². The molecule has 0 N–H and O–H groups in total. The molecule has 0 aliphatic carbocycles. The van der Waals surface area contributed by atoms with Crippen LogP contribution < -0.4 is 47.9 Å². The van der Waals surface area contributed by atoms with Crippen LogP contribution >= 0.6 is 0 Å². The zero-order valence-corrected chi connectivity index (χ0v) is 11.2. The van der Waals surface area contributed by atoms with Crippen LogP contribution in [0.1, 0.15) is 51.9 Å². The van der Waals surface area contributed by atoms with Crippen molar-refractivity contribution in [1.29, 1.82) is 0 Å². The summed E-state index contributed by atoms with van der Waals surface area (Å²) in [6.07, 6.45) is 6.08. The van der Waals surface area contributed by atoms with Crippen LogP contribution in [0, 0.1) is 5.92 Å². The van der Waals surface area contributed by atoms with Crippen LogP contribution in [0.25, 0.3) is 0 Å². The van der Waals surface area contributed by atoms with Gasteiger partial charge in [-0.15, -0.1) is 0 Å². The molecule has 0 saturated carbocycles. The average molecular weight is 228 g/mol. The number of hydrogen-bond acceptors (Lipinski definition) is 4. The molecular formula is C11H18Li2O4. The van der Waals surface area contributed by atoms with E-state index < -0.39 is 17.9 Å². The van der Waals surface area contributed by atoms with Crippen LogP contribution in [0.3, 0.4) is 0 Å². The molecule has 0 unspecified atom stereocenters. The van der Waals surface area contributed by atoms with Crippen molar-refractivity contribution in [3.05, 3.63) is 0 Å². The second-order valence-corrected chi connectivity index (χ2v) is 3.75. The first-order chi connectivity index (χ1) is 7.09. The van der Waals surface area contributed by atoms with Crippen molar-refractivity contribution in [2.45, 2.75) is 51.9 Å². The first-order valence-corrected chi connectivity index (χ1v) is 5.51. The number of carbonyl (C=O) groups is 2. The fourth-order valence-corrected chi connectivity index (χ4v) is 1.46. The first-order valence-electron chi connectivity index (χ1n) is 5.51. The minimum Gasteiger partial charge on any atom is -0.549 e. The molecular weight excluding hydrogens is 210 g/mol. The zero-order chi connectivity index (χ0) is 11.7. The minimum atomic E-state index is -1.54. The van der Waals surface area contributed by atoms with E-state index in [1.54, 1.807) is 0 Å². The van der Waals surface area contributed by atoms with E-state index in [2.05, 4.69) is 6.92 Å². The van der Waals surface area contributed by atoms with Crippen LogP contribution in [0.2, 0.25) is 0 Å². The number of carboxylic acids is 2. The Kier molecular flexibility index (Phi) is 18.6. The number of hydrogen-bond donors (Lipinski definition) is 0. The number of unbranched alkanes of at least 4 members (excludes halogenated alkanes) is 5. The van der Waals surface area contributed by atoms with Gasteiger partial charge in [-0.3, -0.25) is 0 Å². The van der Waals surface area contributed by atoms with Gasteiger partial charge in [-0.25, -0.2) is 0 Å². The van der Waals surface area contributed by atoms with E-state index in [0.29, 0.717) is 6.42 Å². The Balaban J connectivity index is -0.000000980. The molecule has 0 bridgehead atoms. The molecule has 6 heteroatoms. The second kappa shape index (κ2) is 14.2. The van der Waals surface area contributed by atoms with E-state index in [1.807, 2.05) is 0 Å². The van der Waals surface area contributed by atoms with Gasteiger partial charge in [0.05, 0.1) is 11.9 Å². The van der Waals surface area contributed by atoms with Crippen molar-refractivity contribution in [3.8, 4) is 0 Å². The summed E-state index contributed by atoms with van der Waals surface area (Å²) < 4.78 is 0. The van der Waals surface area contributed by atoms with Crippen molar-refractivity contribution >= 4 is 11.9 Å². The monoisotopic (exact) mass is 228 g/mol. The molecule has 0 radical (unpaired) electrons. The molecule has 0 saturated heterocycles. The Bertz CT molecular complexity index is 196. The predicted octanol–water partition coefficient (Wildman–Crippen LogP) is -6.14. The molecule has 0 spiro atoms. The summed E-state index contributed by atoms with van der Waals surface area (Å²) in [6, 6.07) is 0. The predicted molar refractivity (Wildman–Crippen MR) is 51.5 cm³/mol. The molecule has 0 aromatic rings. The number of carbonyl (C=O) groups excluding carboxylic acids is 2. The van der Waals surface area contributed by atoms with Crippen LogP contribution in [0.15, 0.2) is 0 Å². The van der Waals surface area contributed by atoms with Gasteiger partial charge in [0.2, 0.25) is 0 Å². The fraction of sp³-hybridized carbons (Fsp3) is 0.818. The molecule has 0 atom stereocenters. The zero-order valence-electron chi connectivity index (χ0n) is 11.2. The maximum atomic E-state index is 10.4. The fourth-order valence-electron chi connectivity index (χ4n) is 1.46. The summed E-state index contributed by atoms with van der Waals surface area (Å²) in [6.45, 7) is 2.11. The molecule has 0 fully saturated rings. The van der Waals surface area contributed by atoms with Crippen molar-refractivity contribution in [1.82, 2.24) is 0 Å². The van der Waals surface area contributed by atoms with Crippen molar-refractivity contribution in [3.63, 3.8) is 0 Å². The van der Waals surface area contributed by atoms with Crippen LogP contribution in [-0.2, 0) is 9.59 Å². The van der Waals surface area contributed by atoms with Crippen LogP contribution in [-0.4, -0.2) is 11.9 Å². The molecule has 0 amide bonds. The molecule has 0 aromatic carbocycles. The van der Waals surface area contributed by atoms with E-state index in [9.17, 15) is 19.8 Å². The second-order valence-electron chi connectivity index (χ2n) is 3.75. The Morgan fingerprint density at radius 2 is 1.29 bits per heavy atom. The van der Waals surface area contributed by atoms with Crippen molar-refractivity contribution < 1.29 is 57.5 Å². The van der Waals surface area contributed by atoms with Crippen LogP contribution in [0.5, 0.6) is 0 Å². The Hall–Kier alpha value is 0.135. The van der Waals surface area contributed by atoms with E-state index in [-0.39, 0.29) is 44.1 Å². The molecule has 4 nitrogen and oxygen atoms in total. The summed E-state index contributed by atoms with van der Waals surface area (Å²) in [4.78, 5) is 20.8. The third-order valence-corrected chi connectivity index (χ3v) is 2.42. The van der Waals surface area contributed by atoms with Gasteiger partial charge in [-0.1, -0.05) is 45.4 Å². The molecule has 0 aliphatic heterocycles. The third-order valence-electron chi connectivity index (χ3n) is 2.42. The van der Waals surface area contributed by atoms with Gasteiger partial charge in [0.1, 0.15) is 0 Å². The number of rotatable bonds is 9. The minimum absolute atomic E-state index is 0. The smallest absolute Gasteiger partial charge is 0.549 e. The maximum Gasteiger partial charge on any atom is 1.00 e. The Labute approximate surface area is 127 Å². The average Bonchev–Trinajstić information content (AvgIpc) is 2.15. The van der Waals surface area contributed by atoms with Gasteiger partial charge in [0.25, 0.3) is 0 Å². The molecule has 0 rings (SSSR count). The standard InChI is InChI=1S/C11H20O4.2Li/c1-2-3-4-5-6-7-8-9(10(12)13)11(14)15;;/h9H,2-8H2,1H3,(H,12,13)(H,14,15);;/q;2*+1/p-2. The van der Waals surface area contributed by atoms with Gasteiger partial charge in [-0.05, 0) is 6.42 Å². The summed E-state index contributed by atoms with van der Waals surface area (Å²) in [7, 11) is 0. The van der Waals surface area contributed by atoms with E-state index in [4.69, 9.17) is 0 Å². The quantitative estimate of drug-likeness (QED) is 0.223. The maximum absolute atomic E-state index is 10.4. The molecule has 0 aliphatic rings. The first kappa shape index (κ1) is 22.3. The summed E-state index contributed by atoms with van der Waals surface area (Å²) >= 11 is 0.